The molecule has 2 aliphatic heterocycles. The summed E-state index contributed by atoms with van der Waals surface area (Å²) < 4.78 is 8.78. The number of fused-ring (bicyclic) bond motifs is 5. The average molecular weight is 1080 g/mol. The van der Waals surface area contributed by atoms with Crippen molar-refractivity contribution in [2.45, 2.75) is 22.9 Å². The molecule has 37 rings (SSSR count). The normalized spacial score (nSPS) is 22.9. The van der Waals surface area contributed by atoms with Gasteiger partial charge in [0, 0.05) is 10.0 Å². The van der Waals surface area contributed by atoms with E-state index in [1.54, 1.807) is 313 Å². The SMILES string of the molecule is Brc1ccccc1[C@@H]1N2c3ccccc3Oc3ccccc3[C@@H]2C23c4c5c6c7c8c9c(c%10c%11c2c2c4c4c%12c5c5c6c6c8c8c%13c9c9c%10c%10c%11c%11c2c2c4c4c%12c%12c5c5c6c8c6c8c%13c9c9c%10c%10c%11c2c2c4c4c%12c5c6c5c8c9c%10c2c45)C713. The van der Waals surface area contributed by atoms with E-state index >= 15 is 0 Å². The van der Waals surface area contributed by atoms with Crippen LogP contribution in [0.15, 0.2) is 77.3 Å². The highest BCUT2D eigenvalue weighted by molar-refractivity contribution is 9.10. The Bertz CT molecular complexity index is 7810. The van der Waals surface area contributed by atoms with Crippen molar-refractivity contribution in [3.05, 3.63) is 111 Å². The van der Waals surface area contributed by atoms with Gasteiger partial charge < -0.3 is 9.64 Å². The van der Waals surface area contributed by atoms with E-state index in [1.807, 2.05) is 0 Å². The van der Waals surface area contributed by atoms with Crippen molar-refractivity contribution in [2.24, 2.45) is 0 Å². The first-order chi connectivity index (χ1) is 41.3. The maximum absolute atomic E-state index is 7.58. The van der Waals surface area contributed by atoms with Gasteiger partial charge in [0.05, 0.1) is 28.6 Å². The summed E-state index contributed by atoms with van der Waals surface area (Å²) >= 11 is 4.52. The minimum atomic E-state index is -0.588. The molecule has 0 aromatic heterocycles. The number of halogens is 1. The lowest BCUT2D eigenvalue weighted by Gasteiger charge is -2.53. The molecular formula is C80H14BrNO. The second-order valence-electron chi connectivity index (χ2n) is 29.2. The van der Waals surface area contributed by atoms with Crippen LogP contribution in [0.2, 0.25) is 0 Å². The van der Waals surface area contributed by atoms with Gasteiger partial charge in [0.2, 0.25) is 0 Å². The molecule has 1 fully saturated rings. The maximum atomic E-state index is 7.58. The van der Waals surface area contributed by atoms with Crippen LogP contribution in [0.1, 0.15) is 45.5 Å². The van der Waals surface area contributed by atoms with Gasteiger partial charge in [-0.15, -0.1) is 0 Å². The van der Waals surface area contributed by atoms with E-state index in [0.29, 0.717) is 0 Å². The van der Waals surface area contributed by atoms with Crippen LogP contribution in [0.3, 0.4) is 0 Å². The number of ether oxygens (including phenoxy) is 1. The molecule has 2 atom stereocenters. The third kappa shape index (κ3) is 1.90. The zero-order chi connectivity index (χ0) is 49.9. The van der Waals surface area contributed by atoms with Gasteiger partial charge in [0.1, 0.15) is 5.75 Å². The number of para-hydroxylation sites is 3. The molecule has 83 heavy (non-hydrogen) atoms. The third-order valence-electron chi connectivity index (χ3n) is 28.6. The molecule has 3 heteroatoms. The van der Waals surface area contributed by atoms with E-state index in [1.165, 1.54) is 21.3 Å². The monoisotopic (exact) mass is 1080 g/mol. The Morgan fingerprint density at radius 1 is 0.241 bits per heavy atom. The van der Waals surface area contributed by atoms with E-state index in [4.69, 9.17) is 4.74 Å². The topological polar surface area (TPSA) is 12.5 Å². The Hall–Kier alpha value is -9.80. The Labute approximate surface area is 464 Å². The zero-order valence-corrected chi connectivity index (χ0v) is 43.9. The van der Waals surface area contributed by atoms with Crippen LogP contribution < -0.4 is 9.64 Å². The molecule has 4 aliphatic carbocycles. The van der Waals surface area contributed by atoms with Crippen LogP contribution in [0.25, 0.3) is 291 Å². The lowest BCUT2D eigenvalue weighted by atomic mass is 9.45. The Kier molecular flexibility index (Phi) is 3.07. The molecule has 0 amide bonds. The molecular weight excluding hydrogens is 1070 g/mol. The van der Waals surface area contributed by atoms with Gasteiger partial charge in [-0.1, -0.05) is 64.5 Å². The summed E-state index contributed by atoms with van der Waals surface area (Å²) in [7, 11) is 0. The fourth-order valence-corrected chi connectivity index (χ4v) is 28.8. The third-order valence-corrected chi connectivity index (χ3v) is 29.3. The molecule has 31 aromatic rings. The largest absolute Gasteiger partial charge is 0.455 e. The molecule has 6 aliphatic rings. The quantitative estimate of drug-likeness (QED) is 0.152. The highest BCUT2D eigenvalue weighted by Crippen LogP contribution is 2.90. The van der Waals surface area contributed by atoms with Crippen LogP contribution >= 0.6 is 15.9 Å². The summed E-state index contributed by atoms with van der Waals surface area (Å²) in [5.74, 6) is 1.97. The van der Waals surface area contributed by atoms with Gasteiger partial charge in [-0.3, -0.25) is 0 Å². The minimum Gasteiger partial charge on any atom is -0.455 e. The van der Waals surface area contributed by atoms with E-state index in [0.717, 1.165) is 11.5 Å². The van der Waals surface area contributed by atoms with Gasteiger partial charge in [-0.2, -0.15) is 0 Å². The van der Waals surface area contributed by atoms with Crippen molar-refractivity contribution in [1.82, 2.24) is 0 Å². The molecule has 0 saturated carbocycles. The Balaban J connectivity index is 1.06. The summed E-state index contributed by atoms with van der Waals surface area (Å²) in [5.41, 5.74) is 9.52. The summed E-state index contributed by atoms with van der Waals surface area (Å²) in [5, 5.41) is 88.2. The lowest BCUT2D eigenvalue weighted by molar-refractivity contribution is 0.330. The first kappa shape index (κ1) is 32.6. The maximum Gasteiger partial charge on any atom is 0.150 e. The number of nitrogens with zero attached hydrogens (tertiary/aromatic N) is 1. The van der Waals surface area contributed by atoms with Crippen molar-refractivity contribution >= 4 is 312 Å². The van der Waals surface area contributed by atoms with Crippen molar-refractivity contribution in [3.63, 3.8) is 0 Å². The first-order valence-electron chi connectivity index (χ1n) is 30.5. The minimum absolute atomic E-state index is 0.129. The van der Waals surface area contributed by atoms with Crippen molar-refractivity contribution in [2.75, 3.05) is 4.90 Å². The number of rotatable bonds is 1. The molecule has 2 heterocycles. The molecule has 2 spiro atoms. The van der Waals surface area contributed by atoms with Crippen molar-refractivity contribution in [1.29, 1.82) is 0 Å². The number of hydrogen-bond acceptors (Lipinski definition) is 2. The van der Waals surface area contributed by atoms with Crippen LogP contribution in [-0.2, 0) is 10.8 Å². The Morgan fingerprint density at radius 2 is 0.458 bits per heavy atom. The molecule has 0 radical (unpaired) electrons. The summed E-state index contributed by atoms with van der Waals surface area (Å²) in [6, 6.07) is 28.1. The number of benzene rings is 21. The van der Waals surface area contributed by atoms with Gasteiger partial charge in [-0.05, 0) is 343 Å². The molecule has 0 bridgehead atoms. The predicted molar refractivity (Wildman–Crippen MR) is 349 cm³/mol. The fourth-order valence-electron chi connectivity index (χ4n) is 28.3. The Morgan fingerprint density at radius 3 is 0.747 bits per heavy atom. The second kappa shape index (κ2) is 7.83. The van der Waals surface area contributed by atoms with E-state index < -0.39 is 10.8 Å². The molecule has 31 aromatic carbocycles. The first-order valence-corrected chi connectivity index (χ1v) is 31.3. The molecule has 2 nitrogen and oxygen atoms in total. The van der Waals surface area contributed by atoms with Crippen molar-refractivity contribution < 1.29 is 4.74 Å². The van der Waals surface area contributed by atoms with Crippen LogP contribution in [0.4, 0.5) is 5.69 Å². The van der Waals surface area contributed by atoms with Crippen molar-refractivity contribution in [3.8, 4) is 11.5 Å². The predicted octanol–water partition coefficient (Wildman–Crippen LogP) is 22.2. The van der Waals surface area contributed by atoms with Gasteiger partial charge in [0.15, 0.2) is 5.75 Å². The van der Waals surface area contributed by atoms with Crippen LogP contribution in [0.5, 0.6) is 11.5 Å². The summed E-state index contributed by atoms with van der Waals surface area (Å²) in [4.78, 5) is 3.06. The van der Waals surface area contributed by atoms with Gasteiger partial charge >= 0.3 is 0 Å². The molecule has 0 unspecified atom stereocenters. The van der Waals surface area contributed by atoms with Crippen LogP contribution in [0, 0.1) is 0 Å². The van der Waals surface area contributed by atoms with E-state index in [-0.39, 0.29) is 12.1 Å². The second-order valence-corrected chi connectivity index (χ2v) is 30.1. The molecule has 352 valence electrons. The molecule has 1 saturated heterocycles. The van der Waals surface area contributed by atoms with Gasteiger partial charge in [-0.25, -0.2) is 0 Å². The smallest absolute Gasteiger partial charge is 0.150 e. The lowest BCUT2D eigenvalue weighted by Crippen LogP contribution is -2.52. The highest BCUT2D eigenvalue weighted by Gasteiger charge is 2.80. The van der Waals surface area contributed by atoms with Crippen LogP contribution in [-0.4, -0.2) is 0 Å². The van der Waals surface area contributed by atoms with E-state index in [2.05, 4.69) is 93.6 Å². The zero-order valence-electron chi connectivity index (χ0n) is 42.3. The highest BCUT2D eigenvalue weighted by atomic mass is 79.9. The number of hydrogen-bond donors (Lipinski definition) is 0. The molecule has 0 N–H and O–H groups in total. The van der Waals surface area contributed by atoms with E-state index in [9.17, 15) is 0 Å². The van der Waals surface area contributed by atoms with Gasteiger partial charge in [0.25, 0.3) is 0 Å². The summed E-state index contributed by atoms with van der Waals surface area (Å²) in [6.07, 6.45) is 0. The summed E-state index contributed by atoms with van der Waals surface area (Å²) in [6.45, 7) is 0. The number of anilines is 1. The average Bonchev–Trinajstić information content (AvgIpc) is 1.38. The standard InChI is InChI=1S/C80H14BrNO/c81-15-9-3-1-7-13(15)77-79-73-65-57-47-37-29-21-19-20-23-27-25(21)33-41-35(27)45-39-31(23)32-24(20)28-26-22(19)30(29)38-44-34(26)42-36(28)46-40(32)50-49(39)59-53(45)63-55(41)61(51(57)43(33)37)69(73)71(63)75-67(59)68-60(50)54(46)64-56(42)62-52(44)58(48(38)47)66(65)74(79)70(62)72(64)76(68)80(75,79)78-14-8-2-5-11-17(14)83-18-12-6-4-10-16(18)82(77)78/h1-12,77-78H/t77-,78+,79?,80?/m0/s1. The fraction of sp³-hybridized carbons (Fsp3) is 0.0500.